The van der Waals surface area contributed by atoms with Crippen LogP contribution in [0.15, 0.2) is 48.5 Å². The number of amides is 1. The Morgan fingerprint density at radius 3 is 2.47 bits per heavy atom. The van der Waals surface area contributed by atoms with Gasteiger partial charge in [-0.3, -0.25) is 9.59 Å². The van der Waals surface area contributed by atoms with Crippen molar-refractivity contribution in [2.75, 3.05) is 0 Å². The summed E-state index contributed by atoms with van der Waals surface area (Å²) in [5, 5.41) is 15.3. The lowest BCUT2D eigenvalue weighted by Gasteiger charge is -2.16. The quantitative estimate of drug-likeness (QED) is 0.506. The molecule has 0 aliphatic rings. The van der Waals surface area contributed by atoms with Gasteiger partial charge in [-0.1, -0.05) is 24.3 Å². The minimum atomic E-state index is -3.04. The maximum absolute atomic E-state index is 13.6. The van der Waals surface area contributed by atoms with E-state index >= 15 is 0 Å². The van der Waals surface area contributed by atoms with Crippen molar-refractivity contribution in [1.82, 2.24) is 15.1 Å². The van der Waals surface area contributed by atoms with Crippen LogP contribution in [-0.2, 0) is 7.05 Å². The van der Waals surface area contributed by atoms with Gasteiger partial charge in [0.1, 0.15) is 23.3 Å². The first-order chi connectivity index (χ1) is 15.2. The van der Waals surface area contributed by atoms with Gasteiger partial charge in [0.05, 0.1) is 11.6 Å². The van der Waals surface area contributed by atoms with Crippen LogP contribution in [0.1, 0.15) is 61.7 Å². The van der Waals surface area contributed by atoms with E-state index in [1.807, 2.05) is 0 Å². The molecule has 2 aromatic carbocycles. The summed E-state index contributed by atoms with van der Waals surface area (Å²) < 4.78 is 33.9. The van der Waals surface area contributed by atoms with Crippen LogP contribution in [-0.4, -0.2) is 33.0 Å². The second kappa shape index (κ2) is 9.38. The molecular weight excluding hydrogens is 424 g/mol. The third-order valence-corrected chi connectivity index (χ3v) is 4.67. The van der Waals surface area contributed by atoms with E-state index in [4.69, 9.17) is 9.84 Å². The van der Waals surface area contributed by atoms with Crippen molar-refractivity contribution in [2.24, 2.45) is 7.05 Å². The van der Waals surface area contributed by atoms with Crippen LogP contribution in [0.4, 0.5) is 8.78 Å². The van der Waals surface area contributed by atoms with E-state index in [9.17, 15) is 23.2 Å². The predicted octanol–water partition coefficient (Wildman–Crippen LogP) is 4.15. The van der Waals surface area contributed by atoms with Crippen molar-refractivity contribution in [3.05, 3.63) is 76.5 Å². The average molecular weight is 443 g/mol. The highest BCUT2D eigenvalue weighted by atomic mass is 19.3. The number of halogens is 2. The number of hydrogen-bond donors (Lipinski definition) is 2. The molecule has 0 aliphatic carbocycles. The Morgan fingerprint density at radius 1 is 1.19 bits per heavy atom. The van der Waals surface area contributed by atoms with Crippen molar-refractivity contribution < 1.29 is 33.0 Å². The summed E-state index contributed by atoms with van der Waals surface area (Å²) in [7, 11) is 1.36. The summed E-state index contributed by atoms with van der Waals surface area (Å²) in [6.45, 7) is 1.63. The molecule has 1 unspecified atom stereocenters. The molecule has 0 spiro atoms. The van der Waals surface area contributed by atoms with E-state index in [-0.39, 0.29) is 17.2 Å². The molecule has 0 radical (unpaired) electrons. The largest absolute Gasteiger partial charge is 0.478 e. The normalized spacial score (nSPS) is 11.8. The van der Waals surface area contributed by atoms with E-state index in [0.717, 1.165) is 4.68 Å². The summed E-state index contributed by atoms with van der Waals surface area (Å²) in [5.41, 5.74) is -0.226. The predicted molar refractivity (Wildman–Crippen MR) is 109 cm³/mol. The fourth-order valence-electron chi connectivity index (χ4n) is 3.04. The number of aldehydes is 1. The van der Waals surface area contributed by atoms with Gasteiger partial charge in [0.25, 0.3) is 12.3 Å². The number of carboxylic acid groups (broad SMARTS) is 1. The first kappa shape index (κ1) is 22.6. The lowest BCUT2D eigenvalue weighted by Crippen LogP contribution is -2.27. The van der Waals surface area contributed by atoms with Gasteiger partial charge in [0, 0.05) is 12.6 Å². The van der Waals surface area contributed by atoms with Crippen LogP contribution >= 0.6 is 0 Å². The molecule has 0 fully saturated rings. The molecule has 2 N–H and O–H groups in total. The number of aromatic carboxylic acids is 1. The van der Waals surface area contributed by atoms with Crippen LogP contribution in [0, 0.1) is 0 Å². The maximum atomic E-state index is 13.6. The molecule has 1 aromatic heterocycles. The molecule has 3 rings (SSSR count). The van der Waals surface area contributed by atoms with Gasteiger partial charge in [0.2, 0.25) is 5.88 Å². The van der Waals surface area contributed by atoms with Gasteiger partial charge in [-0.25, -0.2) is 18.3 Å². The van der Waals surface area contributed by atoms with E-state index in [0.29, 0.717) is 17.4 Å². The molecule has 0 saturated carbocycles. The minimum absolute atomic E-state index is 0.0766. The first-order valence-electron chi connectivity index (χ1n) is 9.43. The number of ether oxygens (including phenoxy) is 1. The number of rotatable bonds is 8. The molecule has 10 heteroatoms. The third-order valence-electron chi connectivity index (χ3n) is 4.67. The SMILES string of the molecule is CC(NC(=O)c1c(C(F)F)nn(C)c1Oc1cccc(C=O)c1)c1ccc(C(=O)O)cc1. The topological polar surface area (TPSA) is 111 Å². The van der Waals surface area contributed by atoms with Gasteiger partial charge in [-0.05, 0) is 36.8 Å². The Hall–Kier alpha value is -4.08. The zero-order chi connectivity index (χ0) is 23.4. The molecule has 166 valence electrons. The van der Waals surface area contributed by atoms with Crippen LogP contribution in [0.5, 0.6) is 11.6 Å². The third kappa shape index (κ3) is 4.80. The van der Waals surface area contributed by atoms with Gasteiger partial charge < -0.3 is 15.2 Å². The second-order valence-corrected chi connectivity index (χ2v) is 6.90. The van der Waals surface area contributed by atoms with Crippen molar-refractivity contribution >= 4 is 18.2 Å². The van der Waals surface area contributed by atoms with Gasteiger partial charge in [-0.2, -0.15) is 5.10 Å². The molecule has 1 heterocycles. The standard InChI is InChI=1S/C22H19F2N3O5/c1-12(14-6-8-15(9-7-14)22(30)31)25-20(29)17-18(19(23)24)26-27(2)21(17)32-16-5-3-4-13(10-16)11-28/h3-12,19H,1-2H3,(H,25,29)(H,30,31). The number of carbonyl (C=O) groups excluding carboxylic acids is 2. The smallest absolute Gasteiger partial charge is 0.335 e. The molecule has 8 nitrogen and oxygen atoms in total. The highest BCUT2D eigenvalue weighted by Crippen LogP contribution is 2.33. The number of benzene rings is 2. The number of aryl methyl sites for hydroxylation is 1. The molecule has 3 aromatic rings. The summed E-state index contributed by atoms with van der Waals surface area (Å²) in [6, 6.07) is 11.2. The fraction of sp³-hybridized carbons (Fsp3) is 0.182. The number of hydrogen-bond acceptors (Lipinski definition) is 5. The zero-order valence-corrected chi connectivity index (χ0v) is 17.1. The number of nitrogens with zero attached hydrogens (tertiary/aromatic N) is 2. The van der Waals surface area contributed by atoms with E-state index < -0.39 is 35.6 Å². The maximum Gasteiger partial charge on any atom is 0.335 e. The molecule has 0 saturated heterocycles. The second-order valence-electron chi connectivity index (χ2n) is 6.90. The number of carbonyl (C=O) groups is 3. The van der Waals surface area contributed by atoms with Crippen LogP contribution in [0.25, 0.3) is 0 Å². The van der Waals surface area contributed by atoms with Crippen LogP contribution in [0.3, 0.4) is 0 Å². The van der Waals surface area contributed by atoms with Crippen LogP contribution < -0.4 is 10.1 Å². The molecule has 1 amide bonds. The minimum Gasteiger partial charge on any atom is -0.478 e. The Labute approximate surface area is 181 Å². The molecule has 1 atom stereocenters. The van der Waals surface area contributed by atoms with Crippen molar-refractivity contribution in [1.29, 1.82) is 0 Å². The number of nitrogens with one attached hydrogen (secondary N) is 1. The van der Waals surface area contributed by atoms with E-state index in [1.54, 1.807) is 19.1 Å². The Morgan fingerprint density at radius 2 is 1.88 bits per heavy atom. The fourth-order valence-corrected chi connectivity index (χ4v) is 3.04. The molecule has 32 heavy (non-hydrogen) atoms. The Balaban J connectivity index is 1.91. The zero-order valence-electron chi connectivity index (χ0n) is 17.1. The highest BCUT2D eigenvalue weighted by molar-refractivity contribution is 5.98. The van der Waals surface area contributed by atoms with Crippen LogP contribution in [0.2, 0.25) is 0 Å². The van der Waals surface area contributed by atoms with Crippen molar-refractivity contribution in [2.45, 2.75) is 19.4 Å². The number of aromatic nitrogens is 2. The van der Waals surface area contributed by atoms with Gasteiger partial charge in [-0.15, -0.1) is 0 Å². The Kier molecular flexibility index (Phi) is 6.62. The van der Waals surface area contributed by atoms with E-state index in [1.165, 1.54) is 43.4 Å². The first-order valence-corrected chi connectivity index (χ1v) is 9.43. The molecule has 0 aliphatic heterocycles. The summed E-state index contributed by atoms with van der Waals surface area (Å²) in [5.74, 6) is -1.98. The monoisotopic (exact) mass is 443 g/mol. The lowest BCUT2D eigenvalue weighted by molar-refractivity contribution is 0.0696. The van der Waals surface area contributed by atoms with Crippen molar-refractivity contribution in [3.8, 4) is 11.6 Å². The average Bonchev–Trinajstić information content (AvgIpc) is 3.10. The molecule has 0 bridgehead atoms. The van der Waals surface area contributed by atoms with Gasteiger partial charge >= 0.3 is 5.97 Å². The lowest BCUT2D eigenvalue weighted by atomic mass is 10.1. The number of carboxylic acids is 1. The van der Waals surface area contributed by atoms with Crippen molar-refractivity contribution in [3.63, 3.8) is 0 Å². The van der Waals surface area contributed by atoms with Gasteiger partial charge in [0.15, 0.2) is 0 Å². The summed E-state index contributed by atoms with van der Waals surface area (Å²) in [6.07, 6.45) is -2.43. The summed E-state index contributed by atoms with van der Waals surface area (Å²) >= 11 is 0. The number of alkyl halides is 2. The highest BCUT2D eigenvalue weighted by Gasteiger charge is 2.30. The summed E-state index contributed by atoms with van der Waals surface area (Å²) in [4.78, 5) is 34.9. The van der Waals surface area contributed by atoms with E-state index in [2.05, 4.69) is 10.4 Å². The Bertz CT molecular complexity index is 1160. The molecular formula is C22H19F2N3O5.